The van der Waals surface area contributed by atoms with Crippen LogP contribution in [0.4, 0.5) is 4.39 Å². The number of cyclic esters (lactones) is 1. The summed E-state index contributed by atoms with van der Waals surface area (Å²) in [4.78, 5) is 96.4. The number of halogens is 1. The summed E-state index contributed by atoms with van der Waals surface area (Å²) in [7, 11) is 0. The average Bonchev–Trinajstić information content (AvgIpc) is 3.84. The van der Waals surface area contributed by atoms with Gasteiger partial charge in [0.15, 0.2) is 5.60 Å². The largest absolute Gasteiger partial charge is 0.458 e. The van der Waals surface area contributed by atoms with E-state index in [0.29, 0.717) is 86.8 Å². The van der Waals surface area contributed by atoms with Gasteiger partial charge in [-0.1, -0.05) is 27.2 Å². The van der Waals surface area contributed by atoms with Crippen molar-refractivity contribution in [3.05, 3.63) is 73.8 Å². The number of nitrogens with two attached hydrogens (primary N) is 1. The minimum atomic E-state index is -2.01. The Bertz CT molecular complexity index is 2580. The zero-order chi connectivity index (χ0) is 49.0. The van der Waals surface area contributed by atoms with Crippen molar-refractivity contribution < 1.29 is 48.1 Å². The first kappa shape index (κ1) is 50.0. The third kappa shape index (κ3) is 10.1. The Balaban J connectivity index is 0.973. The van der Waals surface area contributed by atoms with Crippen LogP contribution in [0.2, 0.25) is 0 Å². The summed E-state index contributed by atoms with van der Waals surface area (Å²) in [6.07, 6.45) is 6.31. The zero-order valence-corrected chi connectivity index (χ0v) is 39.2. The van der Waals surface area contributed by atoms with Crippen molar-refractivity contribution in [2.45, 2.75) is 148 Å². The number of nitrogens with zero attached hydrogens (tertiary/aromatic N) is 3. The van der Waals surface area contributed by atoms with Crippen molar-refractivity contribution in [2.24, 2.45) is 11.7 Å². The number of imide groups is 1. The molecule has 2 aromatic heterocycles. The number of esters is 1. The van der Waals surface area contributed by atoms with Crippen LogP contribution < -0.4 is 32.6 Å². The van der Waals surface area contributed by atoms with E-state index in [2.05, 4.69) is 21.3 Å². The van der Waals surface area contributed by atoms with Crippen LogP contribution in [-0.4, -0.2) is 98.1 Å². The molecule has 5 amide bonds. The summed E-state index contributed by atoms with van der Waals surface area (Å²) in [6.45, 7) is 7.65. The van der Waals surface area contributed by atoms with E-state index < -0.39 is 59.1 Å². The molecule has 0 fully saturated rings. The number of fused-ring (bicyclic) bond motifs is 5. The molecular formula is C49H63FN8O10. The van der Waals surface area contributed by atoms with E-state index in [1.54, 1.807) is 33.8 Å². The van der Waals surface area contributed by atoms with Gasteiger partial charge in [-0.05, 0) is 106 Å². The Hall–Kier alpha value is -5.89. The third-order valence-electron chi connectivity index (χ3n) is 13.8. The molecule has 0 bridgehead atoms. The van der Waals surface area contributed by atoms with Crippen LogP contribution in [0.1, 0.15) is 131 Å². The molecule has 5 heterocycles. The molecule has 3 aliphatic heterocycles. The third-order valence-corrected chi connectivity index (χ3v) is 13.8. The average molecular weight is 943 g/mol. The van der Waals surface area contributed by atoms with Crippen LogP contribution in [0.5, 0.6) is 0 Å². The lowest BCUT2D eigenvalue weighted by Crippen LogP contribution is -2.55. The molecule has 7 rings (SSSR count). The van der Waals surface area contributed by atoms with Gasteiger partial charge in [0, 0.05) is 60.3 Å². The number of aliphatic hydroxyl groups is 2. The van der Waals surface area contributed by atoms with Crippen molar-refractivity contribution >= 4 is 46.4 Å². The van der Waals surface area contributed by atoms with Gasteiger partial charge in [0.25, 0.3) is 17.4 Å². The number of rotatable bonds is 22. The molecule has 366 valence electrons. The van der Waals surface area contributed by atoms with E-state index in [9.17, 15) is 43.8 Å². The molecule has 5 atom stereocenters. The summed E-state index contributed by atoms with van der Waals surface area (Å²) in [5, 5.41) is 35.4. The summed E-state index contributed by atoms with van der Waals surface area (Å²) in [5.74, 6) is -3.48. The molecule has 19 heteroatoms. The Labute approximate surface area is 393 Å². The number of aliphatic hydroxyl groups excluding tert-OH is 1. The van der Waals surface area contributed by atoms with Crippen molar-refractivity contribution in [1.29, 1.82) is 0 Å². The lowest BCUT2D eigenvalue weighted by molar-refractivity contribution is -0.172. The molecule has 3 aromatic rings. The molecule has 18 nitrogen and oxygen atoms in total. The lowest BCUT2D eigenvalue weighted by atomic mass is 9.81. The van der Waals surface area contributed by atoms with Gasteiger partial charge in [-0.15, -0.1) is 0 Å². The summed E-state index contributed by atoms with van der Waals surface area (Å²) >= 11 is 0. The second-order valence-corrected chi connectivity index (χ2v) is 18.6. The van der Waals surface area contributed by atoms with Gasteiger partial charge in [0.05, 0.1) is 29.0 Å². The fraction of sp³-hybridized carbons (Fsp3) is 0.551. The smallest absolute Gasteiger partial charge is 0.343 e. The van der Waals surface area contributed by atoms with Crippen LogP contribution in [0.15, 0.2) is 29.1 Å². The molecule has 0 saturated carbocycles. The molecule has 0 spiro atoms. The number of ether oxygens (including phenoxy) is 1. The number of amides is 5. The number of aromatic nitrogens is 2. The second kappa shape index (κ2) is 21.2. The SMILES string of the molecule is CC[C@@]1(O)C(=O)OCc2c1cc1n(c2=O)Cc2c-1nc1cc(F)c(C)c3c1c2[C@@H](NC(O)CCCNC(=O)[C@H](CCCCN)NC(=O)[C@@H](NC(=O)CCCCCN1C(=O)C=CC1=O)C(C)C)CC3. The molecule has 1 aromatic carbocycles. The zero-order valence-electron chi connectivity index (χ0n) is 39.2. The molecule has 8 N–H and O–H groups in total. The van der Waals surface area contributed by atoms with Crippen LogP contribution in [0.25, 0.3) is 22.3 Å². The standard InChI is InChI=1S/C49H63FN8O10/c1-5-49(67)31-22-36-44-29(24-58(36)47(65)30(31)25-68-48(49)66)42-33(16-15-28-27(4)32(50)23-35(54-44)41(28)42)53-37(59)14-11-20-52-45(63)34(12-8-9-19-51)55-46(64)43(26(2)3)56-38(60)13-7-6-10-21-57-39(61)17-18-40(57)62/h17-18,22-23,26,33-34,37,43,53,59,67H,5-16,19-21,24-25,51H2,1-4H3,(H,52,63)(H,55,64)(H,56,60)/t33-,34-,37?,43-,49-/m0/s1. The number of pyridine rings is 2. The van der Waals surface area contributed by atoms with Crippen LogP contribution >= 0.6 is 0 Å². The predicted octanol–water partition coefficient (Wildman–Crippen LogP) is 2.56. The lowest BCUT2D eigenvalue weighted by Gasteiger charge is -2.31. The number of nitrogens with one attached hydrogen (secondary N) is 4. The maximum Gasteiger partial charge on any atom is 0.343 e. The maximum atomic E-state index is 15.4. The molecule has 1 aliphatic carbocycles. The Morgan fingerprint density at radius 3 is 2.43 bits per heavy atom. The van der Waals surface area contributed by atoms with Gasteiger partial charge < -0.3 is 41.2 Å². The summed E-state index contributed by atoms with van der Waals surface area (Å²) in [6, 6.07) is 0.752. The van der Waals surface area contributed by atoms with E-state index in [-0.39, 0.29) is 80.3 Å². The topological polar surface area (TPSA) is 264 Å². The van der Waals surface area contributed by atoms with Crippen LogP contribution in [0, 0.1) is 18.7 Å². The highest BCUT2D eigenvalue weighted by Gasteiger charge is 2.46. The van der Waals surface area contributed by atoms with Crippen molar-refractivity contribution in [3.8, 4) is 11.4 Å². The minimum absolute atomic E-state index is 0.0164. The fourth-order valence-electron chi connectivity index (χ4n) is 9.85. The van der Waals surface area contributed by atoms with Crippen LogP contribution in [-0.2, 0) is 58.7 Å². The quantitative estimate of drug-likeness (QED) is 0.0259. The van der Waals surface area contributed by atoms with Gasteiger partial charge in [0.2, 0.25) is 17.7 Å². The first-order chi connectivity index (χ1) is 32.5. The minimum Gasteiger partial charge on any atom is -0.458 e. The summed E-state index contributed by atoms with van der Waals surface area (Å²) < 4.78 is 22.2. The number of unbranched alkanes of at least 4 members (excludes halogenated alkanes) is 3. The molecule has 1 unspecified atom stereocenters. The molecular weight excluding hydrogens is 880 g/mol. The normalized spacial score (nSPS) is 19.4. The highest BCUT2D eigenvalue weighted by molar-refractivity contribution is 6.12. The second-order valence-electron chi connectivity index (χ2n) is 18.6. The number of hydrogen-bond acceptors (Lipinski definition) is 13. The van der Waals surface area contributed by atoms with Gasteiger partial charge in [-0.3, -0.25) is 39.0 Å². The Morgan fingerprint density at radius 1 is 0.971 bits per heavy atom. The van der Waals surface area contributed by atoms with E-state index in [1.165, 1.54) is 22.8 Å². The molecule has 0 radical (unpaired) electrons. The Kier molecular flexibility index (Phi) is 15.6. The van der Waals surface area contributed by atoms with Crippen molar-refractivity contribution in [2.75, 3.05) is 19.6 Å². The van der Waals surface area contributed by atoms with E-state index in [0.717, 1.165) is 27.0 Å². The van der Waals surface area contributed by atoms with Gasteiger partial charge in [0.1, 0.15) is 30.7 Å². The number of benzene rings is 1. The van der Waals surface area contributed by atoms with Crippen molar-refractivity contribution in [3.63, 3.8) is 0 Å². The summed E-state index contributed by atoms with van der Waals surface area (Å²) in [5.41, 5.74) is 7.66. The number of carbonyl (C=O) groups is 6. The highest BCUT2D eigenvalue weighted by Crippen LogP contribution is 2.46. The molecule has 68 heavy (non-hydrogen) atoms. The fourth-order valence-corrected chi connectivity index (χ4v) is 9.85. The number of aryl methyl sites for hydroxylation is 1. The first-order valence-electron chi connectivity index (χ1n) is 23.9. The van der Waals surface area contributed by atoms with E-state index in [4.69, 9.17) is 15.5 Å². The predicted molar refractivity (Wildman–Crippen MR) is 248 cm³/mol. The molecule has 0 saturated heterocycles. The van der Waals surface area contributed by atoms with Gasteiger partial charge in [-0.2, -0.15) is 0 Å². The monoisotopic (exact) mass is 942 g/mol. The van der Waals surface area contributed by atoms with Crippen molar-refractivity contribution in [1.82, 2.24) is 35.7 Å². The van der Waals surface area contributed by atoms with Gasteiger partial charge >= 0.3 is 5.97 Å². The van der Waals surface area contributed by atoms with Gasteiger partial charge in [-0.25, -0.2) is 14.2 Å². The number of hydrogen-bond donors (Lipinski definition) is 7. The van der Waals surface area contributed by atoms with Crippen LogP contribution in [0.3, 0.4) is 0 Å². The Morgan fingerprint density at radius 2 is 1.72 bits per heavy atom. The molecule has 4 aliphatic rings. The first-order valence-corrected chi connectivity index (χ1v) is 23.9. The highest BCUT2D eigenvalue weighted by atomic mass is 19.1. The number of carbonyl (C=O) groups excluding carboxylic acids is 6. The van der Waals surface area contributed by atoms with E-state index in [1.807, 2.05) is 0 Å². The van der Waals surface area contributed by atoms with E-state index >= 15 is 4.39 Å². The maximum absolute atomic E-state index is 15.4.